The minimum atomic E-state index is -0.487. The number of ether oxygens (including phenoxy) is 1. The van der Waals surface area contributed by atoms with Gasteiger partial charge in [-0.25, -0.2) is 4.39 Å². The van der Waals surface area contributed by atoms with E-state index in [4.69, 9.17) is 4.74 Å². The van der Waals surface area contributed by atoms with Gasteiger partial charge in [0.15, 0.2) is 0 Å². The Kier molecular flexibility index (Phi) is 6.39. The number of carbonyl (C=O) groups excluding carboxylic acids is 1. The number of amides is 1. The zero-order valence-corrected chi connectivity index (χ0v) is 15.1. The topological polar surface area (TPSA) is 41.6 Å². The SMILES string of the molecule is COc1ccc(-c2ccc(C(=O)N3CCNC(C)C3)c(F)c2)cc1.Cl. The summed E-state index contributed by atoms with van der Waals surface area (Å²) in [7, 11) is 1.60. The van der Waals surface area contributed by atoms with Crippen molar-refractivity contribution < 1.29 is 13.9 Å². The summed E-state index contributed by atoms with van der Waals surface area (Å²) >= 11 is 0. The molecule has 0 saturated carbocycles. The molecule has 2 aromatic carbocycles. The first kappa shape index (κ1) is 19.2. The standard InChI is InChI=1S/C19H21FN2O2.ClH/c1-13-12-22(10-9-21-13)19(23)17-8-5-15(11-18(17)20)14-3-6-16(24-2)7-4-14;/h3-8,11,13,21H,9-10,12H2,1-2H3;1H. The Labute approximate surface area is 153 Å². The summed E-state index contributed by atoms with van der Waals surface area (Å²) in [6.45, 7) is 3.95. The molecule has 1 amide bonds. The van der Waals surface area contributed by atoms with E-state index < -0.39 is 5.82 Å². The molecule has 2 aromatic rings. The molecule has 0 aliphatic carbocycles. The van der Waals surface area contributed by atoms with Gasteiger partial charge in [0.1, 0.15) is 11.6 Å². The molecule has 6 heteroatoms. The summed E-state index contributed by atoms with van der Waals surface area (Å²) in [5, 5.41) is 3.27. The zero-order chi connectivity index (χ0) is 17.1. The van der Waals surface area contributed by atoms with E-state index in [1.165, 1.54) is 6.07 Å². The smallest absolute Gasteiger partial charge is 0.256 e. The highest BCUT2D eigenvalue weighted by Gasteiger charge is 2.23. The fourth-order valence-electron chi connectivity index (χ4n) is 2.94. The number of hydrogen-bond acceptors (Lipinski definition) is 3. The van der Waals surface area contributed by atoms with Crippen LogP contribution in [0.5, 0.6) is 5.75 Å². The molecule has 25 heavy (non-hydrogen) atoms. The molecule has 4 nitrogen and oxygen atoms in total. The lowest BCUT2D eigenvalue weighted by Crippen LogP contribution is -2.51. The van der Waals surface area contributed by atoms with E-state index in [1.54, 1.807) is 24.1 Å². The Bertz CT molecular complexity index is 737. The van der Waals surface area contributed by atoms with Crippen molar-refractivity contribution >= 4 is 18.3 Å². The van der Waals surface area contributed by atoms with Gasteiger partial charge in [-0.15, -0.1) is 12.4 Å². The van der Waals surface area contributed by atoms with E-state index in [9.17, 15) is 9.18 Å². The minimum absolute atomic E-state index is 0. The molecule has 0 aromatic heterocycles. The fourth-order valence-corrected chi connectivity index (χ4v) is 2.94. The zero-order valence-electron chi connectivity index (χ0n) is 14.3. The number of hydrogen-bond donors (Lipinski definition) is 1. The Morgan fingerprint density at radius 2 is 1.88 bits per heavy atom. The van der Waals surface area contributed by atoms with Crippen molar-refractivity contribution in [1.29, 1.82) is 0 Å². The molecule has 1 aliphatic rings. The molecule has 1 aliphatic heterocycles. The fraction of sp³-hybridized carbons (Fsp3) is 0.316. The predicted molar refractivity (Wildman–Crippen MR) is 99.0 cm³/mol. The third-order valence-electron chi connectivity index (χ3n) is 4.28. The van der Waals surface area contributed by atoms with Crippen LogP contribution in [0.2, 0.25) is 0 Å². The van der Waals surface area contributed by atoms with Crippen LogP contribution in [0.4, 0.5) is 4.39 Å². The largest absolute Gasteiger partial charge is 0.497 e. The number of halogens is 2. The van der Waals surface area contributed by atoms with Crippen LogP contribution >= 0.6 is 12.4 Å². The molecule has 1 N–H and O–H groups in total. The summed E-state index contributed by atoms with van der Waals surface area (Å²) in [4.78, 5) is 14.2. The van der Waals surface area contributed by atoms with Crippen LogP contribution in [0.1, 0.15) is 17.3 Å². The Hall–Kier alpha value is -2.11. The maximum absolute atomic E-state index is 14.5. The van der Waals surface area contributed by atoms with Crippen molar-refractivity contribution in [3.05, 3.63) is 53.8 Å². The van der Waals surface area contributed by atoms with Crippen LogP contribution in [-0.4, -0.2) is 43.6 Å². The van der Waals surface area contributed by atoms with E-state index in [1.807, 2.05) is 31.2 Å². The van der Waals surface area contributed by atoms with Gasteiger partial charge in [0.25, 0.3) is 5.91 Å². The van der Waals surface area contributed by atoms with Gasteiger partial charge < -0.3 is 15.0 Å². The third kappa shape index (κ3) is 4.30. The molecular weight excluding hydrogens is 343 g/mol. The van der Waals surface area contributed by atoms with Crippen molar-refractivity contribution in [2.24, 2.45) is 0 Å². The first-order chi connectivity index (χ1) is 11.6. The number of rotatable bonds is 3. The lowest BCUT2D eigenvalue weighted by atomic mass is 10.0. The van der Waals surface area contributed by atoms with Crippen LogP contribution in [-0.2, 0) is 0 Å². The Morgan fingerprint density at radius 1 is 1.20 bits per heavy atom. The van der Waals surface area contributed by atoms with E-state index >= 15 is 0 Å². The van der Waals surface area contributed by atoms with Crippen LogP contribution in [0, 0.1) is 5.82 Å². The molecule has 0 radical (unpaired) electrons. The second-order valence-corrected chi connectivity index (χ2v) is 6.03. The highest BCUT2D eigenvalue weighted by atomic mass is 35.5. The van der Waals surface area contributed by atoms with E-state index in [2.05, 4.69) is 5.32 Å². The predicted octanol–water partition coefficient (Wildman–Crippen LogP) is 3.36. The van der Waals surface area contributed by atoms with Gasteiger partial charge in [-0.3, -0.25) is 4.79 Å². The number of nitrogens with one attached hydrogen (secondary N) is 1. The number of nitrogens with zero attached hydrogens (tertiary/aromatic N) is 1. The second kappa shape index (κ2) is 8.32. The number of carbonyl (C=O) groups is 1. The molecule has 0 spiro atoms. The second-order valence-electron chi connectivity index (χ2n) is 6.03. The number of benzene rings is 2. The van der Waals surface area contributed by atoms with E-state index in [-0.39, 0.29) is 29.9 Å². The average molecular weight is 365 g/mol. The summed E-state index contributed by atoms with van der Waals surface area (Å²) in [5.41, 5.74) is 1.74. The van der Waals surface area contributed by atoms with E-state index in [0.29, 0.717) is 13.1 Å². The van der Waals surface area contributed by atoms with Crippen LogP contribution in [0.25, 0.3) is 11.1 Å². The van der Waals surface area contributed by atoms with Crippen molar-refractivity contribution in [2.75, 3.05) is 26.7 Å². The summed E-state index contributed by atoms with van der Waals surface area (Å²) in [6.07, 6.45) is 0. The monoisotopic (exact) mass is 364 g/mol. The van der Waals surface area contributed by atoms with Crippen LogP contribution in [0.3, 0.4) is 0 Å². The van der Waals surface area contributed by atoms with Crippen molar-refractivity contribution in [3.8, 4) is 16.9 Å². The molecule has 3 rings (SSSR count). The Balaban J connectivity index is 0.00000225. The van der Waals surface area contributed by atoms with Gasteiger partial charge >= 0.3 is 0 Å². The van der Waals surface area contributed by atoms with Crippen LogP contribution in [0.15, 0.2) is 42.5 Å². The number of methoxy groups -OCH3 is 1. The van der Waals surface area contributed by atoms with Gasteiger partial charge in [0.2, 0.25) is 0 Å². The first-order valence-electron chi connectivity index (χ1n) is 8.05. The highest BCUT2D eigenvalue weighted by Crippen LogP contribution is 2.25. The maximum atomic E-state index is 14.5. The normalized spacial score (nSPS) is 16.9. The lowest BCUT2D eigenvalue weighted by molar-refractivity contribution is 0.0704. The maximum Gasteiger partial charge on any atom is 0.256 e. The molecule has 1 heterocycles. The van der Waals surface area contributed by atoms with Crippen molar-refractivity contribution in [2.45, 2.75) is 13.0 Å². The first-order valence-corrected chi connectivity index (χ1v) is 8.05. The quantitative estimate of drug-likeness (QED) is 0.908. The van der Waals surface area contributed by atoms with Crippen molar-refractivity contribution in [3.63, 3.8) is 0 Å². The minimum Gasteiger partial charge on any atom is -0.497 e. The summed E-state index contributed by atoms with van der Waals surface area (Å²) in [6, 6.07) is 12.4. The summed E-state index contributed by atoms with van der Waals surface area (Å²) < 4.78 is 19.6. The van der Waals surface area contributed by atoms with Gasteiger partial charge in [0.05, 0.1) is 12.7 Å². The van der Waals surface area contributed by atoms with Gasteiger partial charge in [-0.05, 0) is 42.3 Å². The summed E-state index contributed by atoms with van der Waals surface area (Å²) in [5.74, 6) is 0.0143. The van der Waals surface area contributed by atoms with Crippen LogP contribution < -0.4 is 10.1 Å². The molecule has 0 bridgehead atoms. The molecule has 1 fully saturated rings. The molecular formula is C19H22ClFN2O2. The number of piperazine rings is 1. The molecule has 1 unspecified atom stereocenters. The highest BCUT2D eigenvalue weighted by molar-refractivity contribution is 5.95. The molecule has 1 saturated heterocycles. The average Bonchev–Trinajstić information content (AvgIpc) is 2.61. The van der Waals surface area contributed by atoms with Gasteiger partial charge in [-0.1, -0.05) is 18.2 Å². The van der Waals surface area contributed by atoms with Gasteiger partial charge in [-0.2, -0.15) is 0 Å². The molecule has 134 valence electrons. The third-order valence-corrected chi connectivity index (χ3v) is 4.28. The van der Waals surface area contributed by atoms with E-state index in [0.717, 1.165) is 23.4 Å². The van der Waals surface area contributed by atoms with Gasteiger partial charge in [0, 0.05) is 25.7 Å². The Morgan fingerprint density at radius 3 is 2.48 bits per heavy atom. The van der Waals surface area contributed by atoms with Crippen molar-refractivity contribution in [1.82, 2.24) is 10.2 Å². The lowest BCUT2D eigenvalue weighted by Gasteiger charge is -2.32. The molecule has 1 atom stereocenters.